The van der Waals surface area contributed by atoms with Crippen LogP contribution in [-0.4, -0.2) is 25.0 Å². The van der Waals surface area contributed by atoms with Crippen LogP contribution in [0, 0.1) is 20.8 Å². The molecule has 1 aliphatic heterocycles. The summed E-state index contributed by atoms with van der Waals surface area (Å²) < 4.78 is 11.7. The Morgan fingerprint density at radius 1 is 0.925 bits per heavy atom. The number of hydrogen-bond acceptors (Lipinski definition) is 5. The Morgan fingerprint density at radius 2 is 1.70 bits per heavy atom. The topological polar surface area (TPSA) is 84.9 Å². The van der Waals surface area contributed by atoms with E-state index in [1.165, 1.54) is 13.2 Å². The maximum atomic E-state index is 13.4. The second kappa shape index (κ2) is 10.9. The first-order valence-electron chi connectivity index (χ1n) is 12.6. The van der Waals surface area contributed by atoms with Crippen molar-refractivity contribution in [3.63, 3.8) is 0 Å². The quantitative estimate of drug-likeness (QED) is 0.212. The average Bonchev–Trinajstić information content (AvgIpc) is 2.92. The molecule has 0 aliphatic carbocycles. The van der Waals surface area contributed by atoms with Gasteiger partial charge in [-0.1, -0.05) is 65.7 Å². The van der Waals surface area contributed by atoms with Gasteiger partial charge in [0, 0.05) is 5.56 Å². The lowest BCUT2D eigenvalue weighted by molar-refractivity contribution is -0.122. The highest BCUT2D eigenvalue weighted by atomic mass is 35.5. The number of hydrogen-bond donors (Lipinski definition) is 1. The predicted octanol–water partition coefficient (Wildman–Crippen LogP) is 6.67. The standard InChI is InChI=1S/C32H27ClN2O5/c1-18-9-12-27(20(3)13-18)35-31(37)24(30(36)34-32(35)38)14-21-15-26(33)29(28(16-21)39-4)40-17-25-19(2)10-11-22-7-5-6-8-23(22)25/h5-16H,17H2,1-4H3,(H,34,36,38)/b24-14+. The summed E-state index contributed by atoms with van der Waals surface area (Å²) in [6.45, 7) is 6.00. The molecule has 202 valence electrons. The van der Waals surface area contributed by atoms with Gasteiger partial charge in [0.15, 0.2) is 11.5 Å². The molecule has 0 radical (unpaired) electrons. The molecule has 8 heteroatoms. The van der Waals surface area contributed by atoms with Crippen LogP contribution in [0.15, 0.2) is 72.3 Å². The van der Waals surface area contributed by atoms with Crippen LogP contribution in [0.2, 0.25) is 5.02 Å². The van der Waals surface area contributed by atoms with E-state index < -0.39 is 17.8 Å². The number of nitrogens with zero attached hydrogens (tertiary/aromatic N) is 1. The monoisotopic (exact) mass is 554 g/mol. The van der Waals surface area contributed by atoms with Gasteiger partial charge in [-0.3, -0.25) is 14.9 Å². The van der Waals surface area contributed by atoms with Gasteiger partial charge in [-0.05, 0) is 72.5 Å². The van der Waals surface area contributed by atoms with Crippen molar-refractivity contribution < 1.29 is 23.9 Å². The maximum Gasteiger partial charge on any atom is 0.335 e. The summed E-state index contributed by atoms with van der Waals surface area (Å²) in [6.07, 6.45) is 1.38. The number of carbonyl (C=O) groups excluding carboxylic acids is 3. The zero-order valence-electron chi connectivity index (χ0n) is 22.5. The number of barbiturate groups is 1. The molecule has 40 heavy (non-hydrogen) atoms. The number of nitrogens with one attached hydrogen (secondary N) is 1. The summed E-state index contributed by atoms with van der Waals surface area (Å²) in [7, 11) is 1.48. The summed E-state index contributed by atoms with van der Waals surface area (Å²) in [6, 6.07) is 19.9. The van der Waals surface area contributed by atoms with E-state index in [0.717, 1.165) is 37.9 Å². The number of urea groups is 1. The summed E-state index contributed by atoms with van der Waals surface area (Å²) >= 11 is 6.63. The van der Waals surface area contributed by atoms with Crippen LogP contribution >= 0.6 is 11.6 Å². The lowest BCUT2D eigenvalue weighted by atomic mass is 10.0. The molecule has 7 nitrogen and oxygen atoms in total. The first-order valence-corrected chi connectivity index (χ1v) is 13.0. The third kappa shape index (κ3) is 5.03. The Bertz CT molecular complexity index is 1730. The van der Waals surface area contributed by atoms with Crippen molar-refractivity contribution in [2.24, 2.45) is 0 Å². The van der Waals surface area contributed by atoms with E-state index in [-0.39, 0.29) is 17.2 Å². The number of benzene rings is 4. The number of rotatable bonds is 6. The van der Waals surface area contributed by atoms with Crippen molar-refractivity contribution in [3.8, 4) is 11.5 Å². The smallest absolute Gasteiger partial charge is 0.335 e. The lowest BCUT2D eigenvalue weighted by Crippen LogP contribution is -2.54. The van der Waals surface area contributed by atoms with Crippen LogP contribution in [0.4, 0.5) is 10.5 Å². The number of ether oxygens (including phenoxy) is 2. The molecule has 0 bridgehead atoms. The van der Waals surface area contributed by atoms with Crippen molar-refractivity contribution in [3.05, 3.63) is 105 Å². The fraction of sp³-hybridized carbons (Fsp3) is 0.156. The van der Waals surface area contributed by atoms with Gasteiger partial charge in [0.05, 0.1) is 17.8 Å². The molecule has 1 fully saturated rings. The fourth-order valence-electron chi connectivity index (χ4n) is 4.84. The predicted molar refractivity (Wildman–Crippen MR) is 156 cm³/mol. The van der Waals surface area contributed by atoms with Crippen molar-refractivity contribution in [2.45, 2.75) is 27.4 Å². The van der Waals surface area contributed by atoms with Gasteiger partial charge in [-0.15, -0.1) is 0 Å². The highest BCUT2D eigenvalue weighted by Gasteiger charge is 2.37. The van der Waals surface area contributed by atoms with Crippen LogP contribution < -0.4 is 19.7 Å². The fourth-order valence-corrected chi connectivity index (χ4v) is 5.12. The van der Waals surface area contributed by atoms with Crippen molar-refractivity contribution in [1.82, 2.24) is 5.32 Å². The molecule has 0 saturated carbocycles. The van der Waals surface area contributed by atoms with Crippen LogP contribution in [0.25, 0.3) is 16.8 Å². The van der Waals surface area contributed by atoms with Gasteiger partial charge in [-0.2, -0.15) is 0 Å². The first kappa shape index (κ1) is 27.0. The van der Waals surface area contributed by atoms with Crippen LogP contribution in [0.3, 0.4) is 0 Å². The molecule has 1 heterocycles. The number of carbonyl (C=O) groups is 3. The number of fused-ring (bicyclic) bond motifs is 1. The normalized spacial score (nSPS) is 14.6. The molecule has 4 amide bonds. The Hall–Kier alpha value is -4.62. The summed E-state index contributed by atoms with van der Waals surface area (Å²) in [5.41, 5.74) is 4.45. The van der Waals surface area contributed by atoms with E-state index in [0.29, 0.717) is 22.7 Å². The Kier molecular flexibility index (Phi) is 7.32. The molecule has 0 unspecified atom stereocenters. The lowest BCUT2D eigenvalue weighted by Gasteiger charge is -2.27. The SMILES string of the molecule is COc1cc(/C=C2\C(=O)NC(=O)N(c3ccc(C)cc3C)C2=O)cc(Cl)c1OCc1c(C)ccc2ccccc12. The van der Waals surface area contributed by atoms with Crippen molar-refractivity contribution in [1.29, 1.82) is 0 Å². The van der Waals surface area contributed by atoms with Gasteiger partial charge in [0.25, 0.3) is 11.8 Å². The summed E-state index contributed by atoms with van der Waals surface area (Å²) in [5, 5.41) is 4.69. The van der Waals surface area contributed by atoms with E-state index >= 15 is 0 Å². The van der Waals surface area contributed by atoms with Gasteiger partial charge in [-0.25, -0.2) is 9.69 Å². The molecule has 1 aliphatic rings. The third-order valence-electron chi connectivity index (χ3n) is 6.89. The number of anilines is 1. The van der Waals surface area contributed by atoms with Crippen molar-refractivity contribution >= 4 is 52.0 Å². The number of methoxy groups -OCH3 is 1. The van der Waals surface area contributed by atoms with Gasteiger partial charge in [0.2, 0.25) is 0 Å². The van der Waals surface area contributed by atoms with Crippen LogP contribution in [0.1, 0.15) is 27.8 Å². The number of imide groups is 2. The second-order valence-electron chi connectivity index (χ2n) is 9.65. The minimum atomic E-state index is -0.804. The Morgan fingerprint density at radius 3 is 2.45 bits per heavy atom. The van der Waals surface area contributed by atoms with Gasteiger partial charge < -0.3 is 9.47 Å². The molecule has 1 saturated heterocycles. The highest BCUT2D eigenvalue weighted by Crippen LogP contribution is 2.38. The molecule has 5 rings (SSSR count). The largest absolute Gasteiger partial charge is 0.493 e. The molecule has 4 aromatic carbocycles. The summed E-state index contributed by atoms with van der Waals surface area (Å²) in [5.74, 6) is -0.853. The maximum absolute atomic E-state index is 13.4. The number of aryl methyl sites for hydroxylation is 3. The molecular formula is C32H27ClN2O5. The summed E-state index contributed by atoms with van der Waals surface area (Å²) in [4.78, 5) is 39.7. The first-order chi connectivity index (χ1) is 19.2. The third-order valence-corrected chi connectivity index (χ3v) is 7.17. The minimum absolute atomic E-state index is 0.210. The van der Waals surface area contributed by atoms with E-state index in [2.05, 4.69) is 11.4 Å². The Labute approximate surface area is 237 Å². The molecule has 4 aromatic rings. The van der Waals surface area contributed by atoms with E-state index in [1.54, 1.807) is 31.2 Å². The van der Waals surface area contributed by atoms with Gasteiger partial charge in [0.1, 0.15) is 12.2 Å². The minimum Gasteiger partial charge on any atom is -0.493 e. The molecular weight excluding hydrogens is 528 g/mol. The van der Waals surface area contributed by atoms with Crippen LogP contribution in [-0.2, 0) is 16.2 Å². The van der Waals surface area contributed by atoms with Crippen molar-refractivity contribution in [2.75, 3.05) is 12.0 Å². The molecule has 0 aromatic heterocycles. The van der Waals surface area contributed by atoms with E-state index in [4.69, 9.17) is 21.1 Å². The van der Waals surface area contributed by atoms with E-state index in [9.17, 15) is 14.4 Å². The zero-order valence-corrected chi connectivity index (χ0v) is 23.3. The average molecular weight is 555 g/mol. The Balaban J connectivity index is 1.47. The molecule has 0 spiro atoms. The molecule has 1 N–H and O–H groups in total. The van der Waals surface area contributed by atoms with Crippen LogP contribution in [0.5, 0.6) is 11.5 Å². The number of amides is 4. The highest BCUT2D eigenvalue weighted by molar-refractivity contribution is 6.39. The number of halogens is 1. The van der Waals surface area contributed by atoms with Gasteiger partial charge >= 0.3 is 6.03 Å². The zero-order chi connectivity index (χ0) is 28.6. The van der Waals surface area contributed by atoms with E-state index in [1.807, 2.05) is 50.2 Å². The molecule has 0 atom stereocenters. The second-order valence-corrected chi connectivity index (χ2v) is 10.1.